The lowest BCUT2D eigenvalue weighted by Crippen LogP contribution is -2.13. The van der Waals surface area contributed by atoms with Crippen molar-refractivity contribution >= 4 is 39.1 Å². The Bertz CT molecular complexity index is 809. The first-order chi connectivity index (χ1) is 13.9. The van der Waals surface area contributed by atoms with E-state index in [0.717, 1.165) is 50.8 Å². The van der Waals surface area contributed by atoms with Crippen LogP contribution in [-0.2, 0) is 4.79 Å². The van der Waals surface area contributed by atoms with Crippen molar-refractivity contribution in [3.8, 4) is 11.5 Å². The Balaban J connectivity index is 1.72. The molecule has 2 rings (SSSR count). The Morgan fingerprint density at radius 2 is 1.76 bits per heavy atom. The summed E-state index contributed by atoms with van der Waals surface area (Å²) in [5.74, 6) is 1.54. The van der Waals surface area contributed by atoms with Gasteiger partial charge in [-0.2, -0.15) is 0 Å². The predicted octanol–water partition coefficient (Wildman–Crippen LogP) is 7.09. The Labute approximate surface area is 187 Å². The summed E-state index contributed by atoms with van der Waals surface area (Å²) in [5.41, 5.74) is 2.69. The van der Waals surface area contributed by atoms with E-state index >= 15 is 0 Å². The molecule has 0 aliphatic heterocycles. The number of ether oxygens (including phenoxy) is 2. The van der Waals surface area contributed by atoms with E-state index in [4.69, 9.17) is 21.1 Å². The van der Waals surface area contributed by atoms with Crippen LogP contribution in [0.5, 0.6) is 11.5 Å². The van der Waals surface area contributed by atoms with Gasteiger partial charge in [0.25, 0.3) is 0 Å². The Hall–Kier alpha value is -1.72. The van der Waals surface area contributed by atoms with Gasteiger partial charge in [0.1, 0.15) is 11.5 Å². The van der Waals surface area contributed by atoms with Gasteiger partial charge in [0, 0.05) is 17.1 Å². The monoisotopic (exact) mass is 481 g/mol. The second kappa shape index (κ2) is 12.1. The highest BCUT2D eigenvalue weighted by Gasteiger charge is 2.11. The van der Waals surface area contributed by atoms with Crippen molar-refractivity contribution in [1.29, 1.82) is 0 Å². The van der Waals surface area contributed by atoms with Gasteiger partial charge in [-0.3, -0.25) is 4.79 Å². The van der Waals surface area contributed by atoms with Crippen molar-refractivity contribution in [3.63, 3.8) is 0 Å². The van der Waals surface area contributed by atoms with E-state index in [1.165, 1.54) is 12.8 Å². The summed E-state index contributed by atoms with van der Waals surface area (Å²) in [6.07, 6.45) is 4.42. The molecule has 0 saturated heterocycles. The number of halogens is 2. The molecule has 6 heteroatoms. The van der Waals surface area contributed by atoms with Crippen molar-refractivity contribution in [3.05, 3.63) is 51.0 Å². The normalized spacial score (nSPS) is 10.7. The van der Waals surface area contributed by atoms with Crippen LogP contribution in [0.25, 0.3) is 0 Å². The number of carbonyl (C=O) groups excluding carboxylic acids is 1. The number of amides is 1. The van der Waals surface area contributed by atoms with Crippen LogP contribution in [0, 0.1) is 13.8 Å². The molecule has 0 fully saturated rings. The molecule has 158 valence electrons. The Morgan fingerprint density at radius 3 is 2.45 bits per heavy atom. The van der Waals surface area contributed by atoms with Gasteiger partial charge < -0.3 is 14.8 Å². The number of nitrogens with one attached hydrogen (secondary N) is 1. The van der Waals surface area contributed by atoms with Crippen molar-refractivity contribution in [1.82, 2.24) is 0 Å². The molecule has 29 heavy (non-hydrogen) atoms. The second-order valence-corrected chi connectivity index (χ2v) is 8.20. The average molecular weight is 483 g/mol. The first kappa shape index (κ1) is 23.6. The molecular formula is C23H29BrClNO3. The van der Waals surface area contributed by atoms with Gasteiger partial charge in [-0.25, -0.2) is 0 Å². The van der Waals surface area contributed by atoms with Gasteiger partial charge in [-0.1, -0.05) is 31.4 Å². The lowest BCUT2D eigenvalue weighted by molar-refractivity contribution is -0.116. The molecule has 0 bridgehead atoms. The molecule has 0 saturated carbocycles. The van der Waals surface area contributed by atoms with E-state index in [1.807, 2.05) is 44.2 Å². The highest BCUT2D eigenvalue weighted by molar-refractivity contribution is 9.10. The van der Waals surface area contributed by atoms with Crippen LogP contribution in [-0.4, -0.2) is 19.1 Å². The van der Waals surface area contributed by atoms with Gasteiger partial charge in [0.05, 0.1) is 17.7 Å². The average Bonchev–Trinajstić information content (AvgIpc) is 2.71. The first-order valence-corrected chi connectivity index (χ1v) is 11.2. The smallest absolute Gasteiger partial charge is 0.224 e. The van der Waals surface area contributed by atoms with E-state index in [2.05, 4.69) is 28.2 Å². The van der Waals surface area contributed by atoms with Gasteiger partial charge in [-0.05, 0) is 84.1 Å². The van der Waals surface area contributed by atoms with E-state index in [-0.39, 0.29) is 5.91 Å². The van der Waals surface area contributed by atoms with Crippen LogP contribution in [0.4, 0.5) is 5.69 Å². The third-order valence-electron chi connectivity index (χ3n) is 4.53. The predicted molar refractivity (Wildman–Crippen MR) is 123 cm³/mol. The van der Waals surface area contributed by atoms with Crippen molar-refractivity contribution in [2.24, 2.45) is 0 Å². The molecule has 4 nitrogen and oxygen atoms in total. The number of benzene rings is 2. The number of hydrogen-bond acceptors (Lipinski definition) is 3. The SMILES string of the molecule is CCCCCOc1ccc(NC(=O)CCCOc2cc(C)c(Cl)c(C)c2Br)cc1. The van der Waals surface area contributed by atoms with E-state index in [1.54, 1.807) is 0 Å². The second-order valence-electron chi connectivity index (χ2n) is 7.02. The molecule has 0 unspecified atom stereocenters. The highest BCUT2D eigenvalue weighted by atomic mass is 79.9. The molecule has 0 aliphatic rings. The van der Waals surface area contributed by atoms with Crippen LogP contribution in [0.15, 0.2) is 34.8 Å². The molecule has 0 aliphatic carbocycles. The number of carbonyl (C=O) groups is 1. The Morgan fingerprint density at radius 1 is 1.07 bits per heavy atom. The largest absolute Gasteiger partial charge is 0.494 e. The minimum absolute atomic E-state index is 0.0345. The maximum Gasteiger partial charge on any atom is 0.224 e. The van der Waals surface area contributed by atoms with Crippen molar-refractivity contribution < 1.29 is 14.3 Å². The Kier molecular flexibility index (Phi) is 9.82. The van der Waals surface area contributed by atoms with Gasteiger partial charge in [0.2, 0.25) is 5.91 Å². The standard InChI is InChI=1S/C23H29BrClNO3/c1-4-5-6-13-28-19-11-9-18(10-12-19)26-21(27)8-7-14-29-20-15-16(2)23(25)17(3)22(20)24/h9-12,15H,4-8,13-14H2,1-3H3,(H,26,27). The fourth-order valence-electron chi connectivity index (χ4n) is 2.82. The van der Waals surface area contributed by atoms with E-state index in [0.29, 0.717) is 19.4 Å². The minimum atomic E-state index is -0.0345. The van der Waals surface area contributed by atoms with E-state index in [9.17, 15) is 4.79 Å². The lowest BCUT2D eigenvalue weighted by Gasteiger charge is -2.13. The third-order valence-corrected chi connectivity index (χ3v) is 6.10. The molecular weight excluding hydrogens is 454 g/mol. The zero-order valence-corrected chi connectivity index (χ0v) is 19.7. The fourth-order valence-corrected chi connectivity index (χ4v) is 3.51. The molecule has 0 heterocycles. The van der Waals surface area contributed by atoms with Crippen LogP contribution >= 0.6 is 27.5 Å². The number of unbranched alkanes of at least 4 members (excludes halogenated alkanes) is 2. The van der Waals surface area contributed by atoms with Crippen LogP contribution in [0.1, 0.15) is 50.2 Å². The molecule has 0 aromatic heterocycles. The molecule has 0 spiro atoms. The van der Waals surface area contributed by atoms with Crippen LogP contribution in [0.2, 0.25) is 5.02 Å². The summed E-state index contributed by atoms with van der Waals surface area (Å²) in [4.78, 5) is 12.1. The van der Waals surface area contributed by atoms with Crippen LogP contribution in [0.3, 0.4) is 0 Å². The van der Waals surface area contributed by atoms with Crippen molar-refractivity contribution in [2.75, 3.05) is 18.5 Å². The lowest BCUT2D eigenvalue weighted by atomic mass is 10.1. The van der Waals surface area contributed by atoms with Crippen LogP contribution < -0.4 is 14.8 Å². The topological polar surface area (TPSA) is 47.6 Å². The minimum Gasteiger partial charge on any atom is -0.494 e. The third kappa shape index (κ3) is 7.56. The summed E-state index contributed by atoms with van der Waals surface area (Å²) >= 11 is 9.76. The molecule has 1 N–H and O–H groups in total. The quantitative estimate of drug-likeness (QED) is 0.348. The summed E-state index contributed by atoms with van der Waals surface area (Å²) in [6, 6.07) is 9.39. The molecule has 1 amide bonds. The number of hydrogen-bond donors (Lipinski definition) is 1. The zero-order valence-electron chi connectivity index (χ0n) is 17.3. The summed E-state index contributed by atoms with van der Waals surface area (Å²) in [7, 11) is 0. The fraction of sp³-hybridized carbons (Fsp3) is 0.435. The first-order valence-electron chi connectivity index (χ1n) is 10.0. The number of anilines is 1. The molecule has 2 aromatic carbocycles. The maximum absolute atomic E-state index is 12.1. The van der Waals surface area contributed by atoms with Crippen molar-refractivity contribution in [2.45, 2.75) is 52.9 Å². The molecule has 0 atom stereocenters. The van der Waals surface area contributed by atoms with Gasteiger partial charge in [-0.15, -0.1) is 0 Å². The maximum atomic E-state index is 12.1. The van der Waals surface area contributed by atoms with E-state index < -0.39 is 0 Å². The highest BCUT2D eigenvalue weighted by Crippen LogP contribution is 2.35. The number of aryl methyl sites for hydroxylation is 1. The van der Waals surface area contributed by atoms with Gasteiger partial charge in [0.15, 0.2) is 0 Å². The zero-order chi connectivity index (χ0) is 21.2. The van der Waals surface area contributed by atoms with Gasteiger partial charge >= 0.3 is 0 Å². The summed E-state index contributed by atoms with van der Waals surface area (Å²) in [6.45, 7) is 7.24. The number of rotatable bonds is 11. The molecule has 0 radical (unpaired) electrons. The summed E-state index contributed by atoms with van der Waals surface area (Å²) in [5, 5.41) is 3.64. The summed E-state index contributed by atoms with van der Waals surface area (Å²) < 4.78 is 12.4. The molecule has 2 aromatic rings.